The van der Waals surface area contributed by atoms with Gasteiger partial charge in [0.25, 0.3) is 0 Å². The summed E-state index contributed by atoms with van der Waals surface area (Å²) in [6.45, 7) is 0.734. The molecule has 0 radical (unpaired) electrons. The molecule has 0 bridgehead atoms. The molecule has 0 saturated carbocycles. The van der Waals surface area contributed by atoms with Crippen molar-refractivity contribution in [2.24, 2.45) is 5.73 Å². The van der Waals surface area contributed by atoms with Crippen LogP contribution in [0, 0.1) is 5.82 Å². The summed E-state index contributed by atoms with van der Waals surface area (Å²) in [6, 6.07) is 1.44. The predicted octanol–water partition coefficient (Wildman–Crippen LogP) is 2.28. The van der Waals surface area contributed by atoms with Gasteiger partial charge in [-0.15, -0.1) is 0 Å². The summed E-state index contributed by atoms with van der Waals surface area (Å²) in [5.41, 5.74) is 6.96. The number of halogens is 1. The molecule has 2 aromatic heterocycles. The molecule has 4 nitrogen and oxygen atoms in total. The van der Waals surface area contributed by atoms with E-state index in [0.29, 0.717) is 0 Å². The van der Waals surface area contributed by atoms with Gasteiger partial charge in [0.15, 0.2) is 0 Å². The zero-order valence-corrected chi connectivity index (χ0v) is 10.2. The number of aryl methyl sites for hydroxylation is 1. The third-order valence-corrected chi connectivity index (χ3v) is 2.76. The summed E-state index contributed by atoms with van der Waals surface area (Å²) < 4.78 is 13.0. The van der Waals surface area contributed by atoms with Crippen LogP contribution < -0.4 is 5.73 Å². The molecule has 0 spiro atoms. The SMILES string of the molecule is NCCCCCc1ncc(-c2cncc(F)c2)[nH]1. The highest BCUT2D eigenvalue weighted by molar-refractivity contribution is 5.56. The van der Waals surface area contributed by atoms with Crippen molar-refractivity contribution in [2.75, 3.05) is 6.54 Å². The van der Waals surface area contributed by atoms with E-state index < -0.39 is 0 Å². The van der Waals surface area contributed by atoms with Crippen LogP contribution in [0.1, 0.15) is 25.1 Å². The molecule has 2 rings (SSSR count). The van der Waals surface area contributed by atoms with Gasteiger partial charge >= 0.3 is 0 Å². The molecule has 0 aliphatic heterocycles. The maximum Gasteiger partial charge on any atom is 0.142 e. The number of pyridine rings is 1. The lowest BCUT2D eigenvalue weighted by Gasteiger charge is -1.98. The van der Waals surface area contributed by atoms with E-state index in [9.17, 15) is 4.39 Å². The van der Waals surface area contributed by atoms with Gasteiger partial charge in [-0.1, -0.05) is 6.42 Å². The fourth-order valence-electron chi connectivity index (χ4n) is 1.81. The Balaban J connectivity index is 1.97. The lowest BCUT2D eigenvalue weighted by atomic mass is 10.2. The number of rotatable bonds is 6. The maximum atomic E-state index is 13.0. The summed E-state index contributed by atoms with van der Waals surface area (Å²) in [5.74, 6) is 0.581. The van der Waals surface area contributed by atoms with E-state index in [0.717, 1.165) is 49.3 Å². The molecule has 0 aliphatic rings. The number of nitrogens with zero attached hydrogens (tertiary/aromatic N) is 2. The Morgan fingerprint density at radius 3 is 2.83 bits per heavy atom. The van der Waals surface area contributed by atoms with Gasteiger partial charge in [0.1, 0.15) is 11.6 Å². The average Bonchev–Trinajstić information content (AvgIpc) is 2.83. The van der Waals surface area contributed by atoms with Crippen molar-refractivity contribution in [1.82, 2.24) is 15.0 Å². The number of hydrogen-bond acceptors (Lipinski definition) is 3. The van der Waals surface area contributed by atoms with Gasteiger partial charge in [0.2, 0.25) is 0 Å². The topological polar surface area (TPSA) is 67.6 Å². The van der Waals surface area contributed by atoms with Crippen molar-refractivity contribution < 1.29 is 4.39 Å². The Morgan fingerprint density at radius 2 is 2.06 bits per heavy atom. The monoisotopic (exact) mass is 248 g/mol. The van der Waals surface area contributed by atoms with Crippen LogP contribution >= 0.6 is 0 Å². The summed E-state index contributed by atoms with van der Waals surface area (Å²) in [4.78, 5) is 11.3. The fourth-order valence-corrected chi connectivity index (χ4v) is 1.81. The molecule has 2 heterocycles. The number of H-pyrrole nitrogens is 1. The molecule has 5 heteroatoms. The molecule has 0 amide bonds. The van der Waals surface area contributed by atoms with E-state index in [2.05, 4.69) is 15.0 Å². The number of hydrogen-bond donors (Lipinski definition) is 2. The van der Waals surface area contributed by atoms with Gasteiger partial charge in [-0.05, 0) is 25.5 Å². The number of unbranched alkanes of at least 4 members (excludes halogenated alkanes) is 2. The van der Waals surface area contributed by atoms with Crippen LogP contribution in [0.5, 0.6) is 0 Å². The molecular formula is C13H17FN4. The molecule has 0 unspecified atom stereocenters. The molecule has 18 heavy (non-hydrogen) atoms. The number of aromatic amines is 1. The number of aromatic nitrogens is 3. The minimum Gasteiger partial charge on any atom is -0.342 e. The Labute approximate surface area is 105 Å². The zero-order valence-electron chi connectivity index (χ0n) is 10.2. The second kappa shape index (κ2) is 6.26. The van der Waals surface area contributed by atoms with Crippen molar-refractivity contribution in [2.45, 2.75) is 25.7 Å². The van der Waals surface area contributed by atoms with E-state index in [1.807, 2.05) is 0 Å². The second-order valence-electron chi connectivity index (χ2n) is 4.23. The highest BCUT2D eigenvalue weighted by Crippen LogP contribution is 2.17. The lowest BCUT2D eigenvalue weighted by molar-refractivity contribution is 0.622. The van der Waals surface area contributed by atoms with Gasteiger partial charge < -0.3 is 10.7 Å². The summed E-state index contributed by atoms with van der Waals surface area (Å²) in [5, 5.41) is 0. The van der Waals surface area contributed by atoms with E-state index in [1.54, 1.807) is 12.4 Å². The average molecular weight is 248 g/mol. The van der Waals surface area contributed by atoms with Gasteiger partial charge in [-0.25, -0.2) is 9.37 Å². The van der Waals surface area contributed by atoms with Crippen LogP contribution in [-0.4, -0.2) is 21.5 Å². The molecular weight excluding hydrogens is 231 g/mol. The van der Waals surface area contributed by atoms with Crippen molar-refractivity contribution >= 4 is 0 Å². The second-order valence-corrected chi connectivity index (χ2v) is 4.23. The van der Waals surface area contributed by atoms with Crippen LogP contribution in [0.4, 0.5) is 4.39 Å². The maximum absolute atomic E-state index is 13.0. The first-order valence-corrected chi connectivity index (χ1v) is 6.14. The van der Waals surface area contributed by atoms with E-state index in [1.165, 1.54) is 12.3 Å². The third kappa shape index (κ3) is 3.37. The number of nitrogens with one attached hydrogen (secondary N) is 1. The van der Waals surface area contributed by atoms with Gasteiger partial charge in [-0.2, -0.15) is 0 Å². The van der Waals surface area contributed by atoms with Crippen molar-refractivity contribution in [3.8, 4) is 11.3 Å². The van der Waals surface area contributed by atoms with Crippen molar-refractivity contribution in [1.29, 1.82) is 0 Å². The Bertz CT molecular complexity index is 495. The first-order valence-electron chi connectivity index (χ1n) is 6.14. The Hall–Kier alpha value is -1.75. The van der Waals surface area contributed by atoms with Crippen LogP contribution in [-0.2, 0) is 6.42 Å². The summed E-state index contributed by atoms with van der Waals surface area (Å²) in [7, 11) is 0. The normalized spacial score (nSPS) is 10.8. The highest BCUT2D eigenvalue weighted by Gasteiger charge is 2.04. The molecule has 0 fully saturated rings. The Kier molecular flexibility index (Phi) is 4.41. The molecule has 0 saturated heterocycles. The van der Waals surface area contributed by atoms with Gasteiger partial charge in [0.05, 0.1) is 18.1 Å². The van der Waals surface area contributed by atoms with Crippen molar-refractivity contribution in [3.63, 3.8) is 0 Å². The fraction of sp³-hybridized carbons (Fsp3) is 0.385. The molecule has 0 aromatic carbocycles. The first kappa shape index (κ1) is 12.7. The smallest absolute Gasteiger partial charge is 0.142 e. The standard InChI is InChI=1S/C13H17FN4/c14-11-6-10(7-16-8-11)12-9-17-13(18-12)4-2-1-3-5-15/h6-9H,1-5,15H2,(H,17,18). The van der Waals surface area contributed by atoms with Crippen LogP contribution in [0.15, 0.2) is 24.7 Å². The lowest BCUT2D eigenvalue weighted by Crippen LogP contribution is -1.98. The Morgan fingerprint density at radius 1 is 1.17 bits per heavy atom. The van der Waals surface area contributed by atoms with Crippen molar-refractivity contribution in [3.05, 3.63) is 36.3 Å². The van der Waals surface area contributed by atoms with E-state index >= 15 is 0 Å². The van der Waals surface area contributed by atoms with Crippen LogP contribution in [0.2, 0.25) is 0 Å². The summed E-state index contributed by atoms with van der Waals surface area (Å²) in [6.07, 6.45) is 8.63. The summed E-state index contributed by atoms with van der Waals surface area (Å²) >= 11 is 0. The minimum atomic E-state index is -0.341. The quantitative estimate of drug-likeness (QED) is 0.771. The van der Waals surface area contributed by atoms with Crippen LogP contribution in [0.3, 0.4) is 0 Å². The van der Waals surface area contributed by atoms with Gasteiger partial charge in [-0.3, -0.25) is 4.98 Å². The highest BCUT2D eigenvalue weighted by atomic mass is 19.1. The molecule has 3 N–H and O–H groups in total. The number of imidazole rings is 1. The van der Waals surface area contributed by atoms with Crippen LogP contribution in [0.25, 0.3) is 11.3 Å². The largest absolute Gasteiger partial charge is 0.342 e. The molecule has 2 aromatic rings. The minimum absolute atomic E-state index is 0.341. The predicted molar refractivity (Wildman–Crippen MR) is 68.4 cm³/mol. The van der Waals surface area contributed by atoms with E-state index in [-0.39, 0.29) is 5.82 Å². The molecule has 96 valence electrons. The molecule has 0 atom stereocenters. The number of nitrogens with two attached hydrogens (primary N) is 1. The third-order valence-electron chi connectivity index (χ3n) is 2.76. The first-order chi connectivity index (χ1) is 8.79. The molecule has 0 aliphatic carbocycles. The van der Waals surface area contributed by atoms with Gasteiger partial charge in [0, 0.05) is 18.2 Å². The zero-order chi connectivity index (χ0) is 12.8. The van der Waals surface area contributed by atoms with E-state index in [4.69, 9.17) is 5.73 Å².